The molecule has 1 aliphatic heterocycles. The van der Waals surface area contributed by atoms with Crippen LogP contribution >= 0.6 is 11.6 Å². The van der Waals surface area contributed by atoms with Crippen LogP contribution in [-0.2, 0) is 11.3 Å². The molecule has 1 aromatic heterocycles. The van der Waals surface area contributed by atoms with Gasteiger partial charge < -0.3 is 5.32 Å². The molecule has 0 unspecified atom stereocenters. The van der Waals surface area contributed by atoms with Gasteiger partial charge >= 0.3 is 0 Å². The van der Waals surface area contributed by atoms with Crippen molar-refractivity contribution in [1.29, 1.82) is 0 Å². The molecule has 176 valence electrons. The van der Waals surface area contributed by atoms with E-state index in [1.54, 1.807) is 91.1 Å². The Balaban J connectivity index is 1.47. The molecule has 0 atom stereocenters. The molecule has 0 saturated heterocycles. The van der Waals surface area contributed by atoms with Gasteiger partial charge in [0.25, 0.3) is 17.7 Å². The number of benzene rings is 3. The van der Waals surface area contributed by atoms with Gasteiger partial charge in [0.1, 0.15) is 0 Å². The van der Waals surface area contributed by atoms with Crippen molar-refractivity contribution in [3.8, 4) is 0 Å². The van der Waals surface area contributed by atoms with Gasteiger partial charge in [-0.3, -0.25) is 24.3 Å². The van der Waals surface area contributed by atoms with Crippen molar-refractivity contribution in [3.63, 3.8) is 0 Å². The molecule has 0 saturated carbocycles. The fourth-order valence-corrected chi connectivity index (χ4v) is 4.14. The molecule has 3 amide bonds. The number of imide groups is 1. The second-order valence-electron chi connectivity index (χ2n) is 8.21. The van der Waals surface area contributed by atoms with E-state index in [1.807, 2.05) is 12.1 Å². The highest BCUT2D eigenvalue weighted by Gasteiger charge is 2.34. The van der Waals surface area contributed by atoms with Gasteiger partial charge in [-0.1, -0.05) is 48.0 Å². The number of nitrogens with one attached hydrogen (secondary N) is 1. The lowest BCUT2D eigenvalue weighted by atomic mass is 9.92. The molecule has 0 aliphatic carbocycles. The molecule has 1 aliphatic rings. The molecule has 0 fully saturated rings. The van der Waals surface area contributed by atoms with Gasteiger partial charge in [0.2, 0.25) is 0 Å². The van der Waals surface area contributed by atoms with Gasteiger partial charge in [-0.15, -0.1) is 0 Å². The molecular weight excluding hydrogens is 474 g/mol. The lowest BCUT2D eigenvalue weighted by molar-refractivity contribution is -0.123. The zero-order valence-corrected chi connectivity index (χ0v) is 19.8. The van der Waals surface area contributed by atoms with Crippen LogP contribution in [0, 0.1) is 0 Å². The minimum absolute atomic E-state index is 0.0708. The molecule has 0 spiro atoms. The van der Waals surface area contributed by atoms with Gasteiger partial charge in [-0.2, -0.15) is 0 Å². The Bertz CT molecular complexity index is 1500. The van der Waals surface area contributed by atoms with Crippen LogP contribution in [0.5, 0.6) is 0 Å². The zero-order valence-electron chi connectivity index (χ0n) is 19.0. The van der Waals surface area contributed by atoms with Crippen LogP contribution in [0.3, 0.4) is 0 Å². The lowest BCUT2D eigenvalue weighted by Crippen LogP contribution is -2.41. The molecule has 0 radical (unpaired) electrons. The number of nitrogens with zero attached hydrogens (tertiary/aromatic N) is 2. The van der Waals surface area contributed by atoms with Gasteiger partial charge in [-0.25, -0.2) is 0 Å². The van der Waals surface area contributed by atoms with Crippen LogP contribution in [0.4, 0.5) is 5.69 Å². The van der Waals surface area contributed by atoms with Crippen molar-refractivity contribution in [2.75, 3.05) is 5.32 Å². The summed E-state index contributed by atoms with van der Waals surface area (Å²) in [5.74, 6) is -1.04. The summed E-state index contributed by atoms with van der Waals surface area (Å²) < 4.78 is 0. The number of hydrogen-bond donors (Lipinski definition) is 1. The first-order chi connectivity index (χ1) is 17.5. The first kappa shape index (κ1) is 23.2. The van der Waals surface area contributed by atoms with Crippen LogP contribution in [0.2, 0.25) is 5.02 Å². The van der Waals surface area contributed by atoms with E-state index in [0.29, 0.717) is 44.2 Å². The molecule has 3 aromatic carbocycles. The number of halogens is 1. The summed E-state index contributed by atoms with van der Waals surface area (Å²) in [4.78, 5) is 44.8. The summed E-state index contributed by atoms with van der Waals surface area (Å²) in [6, 6.07) is 26.2. The first-order valence-electron chi connectivity index (χ1n) is 11.2. The molecule has 6 nitrogen and oxygen atoms in total. The molecule has 0 bridgehead atoms. The number of carbonyl (C=O) groups excluding carboxylic acids is 3. The topological polar surface area (TPSA) is 79.4 Å². The van der Waals surface area contributed by atoms with Crippen molar-refractivity contribution >= 4 is 46.7 Å². The Morgan fingerprint density at radius 2 is 1.61 bits per heavy atom. The minimum Gasteiger partial charge on any atom is -0.322 e. The number of hydrogen-bond acceptors (Lipinski definition) is 4. The zero-order chi connectivity index (χ0) is 25.1. The highest BCUT2D eigenvalue weighted by molar-refractivity contribution is 6.33. The summed E-state index contributed by atoms with van der Waals surface area (Å²) in [7, 11) is 0. The van der Waals surface area contributed by atoms with Crippen molar-refractivity contribution in [2.45, 2.75) is 6.54 Å². The fourth-order valence-electron chi connectivity index (χ4n) is 4.02. The van der Waals surface area contributed by atoms with Crippen LogP contribution in [-0.4, -0.2) is 27.6 Å². The number of amides is 3. The van der Waals surface area contributed by atoms with E-state index >= 15 is 0 Å². The Hall–Kier alpha value is -4.55. The predicted molar refractivity (Wildman–Crippen MR) is 139 cm³/mol. The van der Waals surface area contributed by atoms with Crippen LogP contribution < -0.4 is 5.32 Å². The maximum Gasteiger partial charge on any atom is 0.261 e. The number of pyridine rings is 1. The number of fused-ring (bicyclic) bond motifs is 1. The van der Waals surface area contributed by atoms with E-state index in [2.05, 4.69) is 10.3 Å². The molecule has 5 rings (SSSR count). The van der Waals surface area contributed by atoms with Crippen molar-refractivity contribution < 1.29 is 14.4 Å². The summed E-state index contributed by atoms with van der Waals surface area (Å²) >= 11 is 5.91. The van der Waals surface area contributed by atoms with Gasteiger partial charge in [0.15, 0.2) is 0 Å². The lowest BCUT2D eigenvalue weighted by Gasteiger charge is -2.28. The number of anilines is 1. The Morgan fingerprint density at radius 3 is 2.36 bits per heavy atom. The van der Waals surface area contributed by atoms with Crippen LogP contribution in [0.1, 0.15) is 37.5 Å². The Kier molecular flexibility index (Phi) is 6.43. The monoisotopic (exact) mass is 493 g/mol. The third-order valence-electron chi connectivity index (χ3n) is 5.78. The second-order valence-corrected chi connectivity index (χ2v) is 8.64. The van der Waals surface area contributed by atoms with Gasteiger partial charge in [0.05, 0.1) is 12.2 Å². The number of carbonyl (C=O) groups is 3. The van der Waals surface area contributed by atoms with Crippen molar-refractivity contribution in [2.24, 2.45) is 0 Å². The standard InChI is InChI=1S/C29H20ClN3O3/c30-21-13-11-20(12-14-21)27(34)32-22-8-5-6-19(16-22)17-26-24-9-1-2-10-25(24)28(35)33(29(26)36)18-23-7-3-4-15-31-23/h1-17H,18H2,(H,32,34)/b26-17-. The fraction of sp³-hybridized carbons (Fsp3) is 0.0345. The smallest absolute Gasteiger partial charge is 0.261 e. The normalized spacial score (nSPS) is 14.0. The third kappa shape index (κ3) is 4.80. The molecular formula is C29H20ClN3O3. The van der Waals surface area contributed by atoms with E-state index in [4.69, 9.17) is 11.6 Å². The minimum atomic E-state index is -0.403. The van der Waals surface area contributed by atoms with Crippen molar-refractivity contribution in [1.82, 2.24) is 9.88 Å². The number of rotatable bonds is 5. The Labute approximate surface area is 212 Å². The molecule has 36 heavy (non-hydrogen) atoms. The third-order valence-corrected chi connectivity index (χ3v) is 6.03. The van der Waals surface area contributed by atoms with E-state index in [-0.39, 0.29) is 18.4 Å². The van der Waals surface area contributed by atoms with E-state index in [0.717, 1.165) is 0 Å². The summed E-state index contributed by atoms with van der Waals surface area (Å²) in [6.07, 6.45) is 3.36. The van der Waals surface area contributed by atoms with Gasteiger partial charge in [0, 0.05) is 33.6 Å². The molecule has 4 aromatic rings. The van der Waals surface area contributed by atoms with Crippen LogP contribution in [0.25, 0.3) is 11.6 Å². The molecule has 1 N–H and O–H groups in total. The SMILES string of the molecule is O=C(Nc1cccc(/C=C2\C(=O)N(Cc3ccccn3)C(=O)c3ccccc32)c1)c1ccc(Cl)cc1. The maximum absolute atomic E-state index is 13.5. The summed E-state index contributed by atoms with van der Waals surface area (Å²) in [6.45, 7) is 0.0708. The summed E-state index contributed by atoms with van der Waals surface area (Å²) in [5.41, 5.74) is 3.78. The van der Waals surface area contributed by atoms with E-state index in [9.17, 15) is 14.4 Å². The molecule has 7 heteroatoms. The average Bonchev–Trinajstić information content (AvgIpc) is 2.90. The van der Waals surface area contributed by atoms with E-state index < -0.39 is 5.91 Å². The maximum atomic E-state index is 13.5. The highest BCUT2D eigenvalue weighted by Crippen LogP contribution is 2.31. The molecule has 2 heterocycles. The average molecular weight is 494 g/mol. The van der Waals surface area contributed by atoms with E-state index in [1.165, 1.54) is 4.90 Å². The second kappa shape index (κ2) is 9.98. The predicted octanol–water partition coefficient (Wildman–Crippen LogP) is 5.71. The number of aromatic nitrogens is 1. The largest absolute Gasteiger partial charge is 0.322 e. The Morgan fingerprint density at radius 1 is 0.861 bits per heavy atom. The summed E-state index contributed by atoms with van der Waals surface area (Å²) in [5, 5.41) is 3.41. The van der Waals surface area contributed by atoms with Gasteiger partial charge in [-0.05, 0) is 71.8 Å². The quantitative estimate of drug-likeness (QED) is 0.285. The van der Waals surface area contributed by atoms with Crippen molar-refractivity contribution in [3.05, 3.63) is 130 Å². The first-order valence-corrected chi connectivity index (χ1v) is 11.6. The van der Waals surface area contributed by atoms with Crippen LogP contribution in [0.15, 0.2) is 97.2 Å². The highest BCUT2D eigenvalue weighted by atomic mass is 35.5.